The van der Waals surface area contributed by atoms with E-state index in [1.54, 1.807) is 38.5 Å². The van der Waals surface area contributed by atoms with E-state index in [1.165, 1.54) is 0 Å². The predicted molar refractivity (Wildman–Crippen MR) is 119 cm³/mol. The van der Waals surface area contributed by atoms with Crippen molar-refractivity contribution in [1.82, 2.24) is 15.4 Å². The fourth-order valence-electron chi connectivity index (χ4n) is 3.82. The number of hydrogen-bond acceptors (Lipinski definition) is 7. The van der Waals surface area contributed by atoms with Gasteiger partial charge < -0.3 is 24.1 Å². The Hall–Kier alpha value is -3.36. The van der Waals surface area contributed by atoms with E-state index in [9.17, 15) is 4.79 Å². The summed E-state index contributed by atoms with van der Waals surface area (Å²) in [6, 6.07) is 17.2. The summed E-state index contributed by atoms with van der Waals surface area (Å²) in [5.41, 5.74) is 2.02. The van der Waals surface area contributed by atoms with E-state index >= 15 is 0 Å². The molecule has 1 amide bonds. The number of carbonyl (C=O) groups excluding carboxylic acids is 1. The highest BCUT2D eigenvalue weighted by Crippen LogP contribution is 2.33. The molecule has 1 unspecified atom stereocenters. The van der Waals surface area contributed by atoms with E-state index in [2.05, 4.69) is 27.5 Å². The maximum absolute atomic E-state index is 12.9. The van der Waals surface area contributed by atoms with Crippen LogP contribution in [0.3, 0.4) is 0 Å². The second-order valence-corrected chi connectivity index (χ2v) is 7.43. The zero-order chi connectivity index (χ0) is 22.3. The fourth-order valence-corrected chi connectivity index (χ4v) is 3.82. The standard InChI is InChI=1S/C24H27N3O5/c1-29-18-8-9-22(30-2)19(14-18)23-15-20(26-32-23)24(28)25-16-21(17-6-4-3-5-7-17)27-10-12-31-13-11-27/h3-9,14-15,21H,10-13,16H2,1-2H3,(H,25,28). The van der Waals surface area contributed by atoms with Crippen LogP contribution in [0.4, 0.5) is 0 Å². The third kappa shape index (κ3) is 4.92. The zero-order valence-corrected chi connectivity index (χ0v) is 18.2. The fraction of sp³-hybridized carbons (Fsp3) is 0.333. The summed E-state index contributed by atoms with van der Waals surface area (Å²) < 4.78 is 21.6. The van der Waals surface area contributed by atoms with Gasteiger partial charge in [0.2, 0.25) is 0 Å². The van der Waals surface area contributed by atoms with Crippen molar-refractivity contribution in [1.29, 1.82) is 0 Å². The van der Waals surface area contributed by atoms with Gasteiger partial charge in [-0.05, 0) is 23.8 Å². The third-order valence-corrected chi connectivity index (χ3v) is 5.54. The molecule has 3 aromatic rings. The first-order valence-electron chi connectivity index (χ1n) is 10.5. The number of ether oxygens (including phenoxy) is 3. The molecule has 0 bridgehead atoms. The number of methoxy groups -OCH3 is 2. The van der Waals surface area contributed by atoms with Crippen LogP contribution in [0.1, 0.15) is 22.1 Å². The van der Waals surface area contributed by atoms with Crippen molar-refractivity contribution in [3.63, 3.8) is 0 Å². The first kappa shape index (κ1) is 21.9. The van der Waals surface area contributed by atoms with Gasteiger partial charge in [0.1, 0.15) is 11.5 Å². The SMILES string of the molecule is COc1ccc(OC)c(-c2cc(C(=O)NCC(c3ccccc3)N3CCOCC3)no2)c1. The number of rotatable bonds is 8. The lowest BCUT2D eigenvalue weighted by Gasteiger charge is -2.34. The average molecular weight is 437 g/mol. The van der Waals surface area contributed by atoms with E-state index < -0.39 is 0 Å². The minimum Gasteiger partial charge on any atom is -0.497 e. The number of nitrogens with zero attached hydrogens (tertiary/aromatic N) is 2. The summed E-state index contributed by atoms with van der Waals surface area (Å²) in [5, 5.41) is 6.98. The molecule has 8 heteroatoms. The Morgan fingerprint density at radius 3 is 2.59 bits per heavy atom. The van der Waals surface area contributed by atoms with Crippen LogP contribution in [0.25, 0.3) is 11.3 Å². The van der Waals surface area contributed by atoms with Gasteiger partial charge in [0.15, 0.2) is 11.5 Å². The Kier molecular flexibility index (Phi) is 7.03. The molecule has 1 saturated heterocycles. The number of aromatic nitrogens is 1. The number of morpholine rings is 1. The number of benzene rings is 2. The molecule has 4 rings (SSSR count). The van der Waals surface area contributed by atoms with Crippen molar-refractivity contribution >= 4 is 5.91 Å². The zero-order valence-electron chi connectivity index (χ0n) is 18.2. The van der Waals surface area contributed by atoms with E-state index in [0.717, 1.165) is 18.7 Å². The lowest BCUT2D eigenvalue weighted by molar-refractivity contribution is 0.0162. The van der Waals surface area contributed by atoms with E-state index in [1.807, 2.05) is 18.2 Å². The molecule has 1 atom stereocenters. The van der Waals surface area contributed by atoms with Crippen molar-refractivity contribution in [2.24, 2.45) is 0 Å². The lowest BCUT2D eigenvalue weighted by Crippen LogP contribution is -2.43. The van der Waals surface area contributed by atoms with Gasteiger partial charge in [-0.1, -0.05) is 35.5 Å². The van der Waals surface area contributed by atoms with Gasteiger partial charge in [-0.2, -0.15) is 0 Å². The molecule has 0 saturated carbocycles. The molecular weight excluding hydrogens is 410 g/mol. The van der Waals surface area contributed by atoms with Crippen LogP contribution in [-0.4, -0.2) is 63.0 Å². The van der Waals surface area contributed by atoms with Crippen molar-refractivity contribution in [2.75, 3.05) is 47.1 Å². The van der Waals surface area contributed by atoms with Crippen LogP contribution >= 0.6 is 0 Å². The highest BCUT2D eigenvalue weighted by atomic mass is 16.5. The number of hydrogen-bond donors (Lipinski definition) is 1. The van der Waals surface area contributed by atoms with Crippen LogP contribution in [0, 0.1) is 0 Å². The summed E-state index contributed by atoms with van der Waals surface area (Å²) in [5.74, 6) is 1.39. The predicted octanol–water partition coefficient (Wildman–Crippen LogP) is 3.16. The molecule has 1 fully saturated rings. The Balaban J connectivity index is 1.49. The van der Waals surface area contributed by atoms with Gasteiger partial charge in [0.05, 0.1) is 39.0 Å². The van der Waals surface area contributed by atoms with E-state index in [4.69, 9.17) is 18.7 Å². The molecule has 0 aliphatic carbocycles. The molecule has 1 aromatic heterocycles. The normalized spacial score (nSPS) is 15.2. The lowest BCUT2D eigenvalue weighted by atomic mass is 10.0. The molecule has 168 valence electrons. The largest absolute Gasteiger partial charge is 0.497 e. The molecule has 2 aromatic carbocycles. The molecule has 1 N–H and O–H groups in total. The Labute approximate surface area is 187 Å². The maximum Gasteiger partial charge on any atom is 0.273 e. The first-order valence-corrected chi connectivity index (χ1v) is 10.5. The quantitative estimate of drug-likeness (QED) is 0.579. The monoisotopic (exact) mass is 437 g/mol. The van der Waals surface area contributed by atoms with Gasteiger partial charge in [-0.15, -0.1) is 0 Å². The molecule has 0 spiro atoms. The van der Waals surface area contributed by atoms with Gasteiger partial charge >= 0.3 is 0 Å². The minimum atomic E-state index is -0.295. The summed E-state index contributed by atoms with van der Waals surface area (Å²) in [7, 11) is 3.16. The van der Waals surface area contributed by atoms with Gasteiger partial charge in [-0.25, -0.2) is 0 Å². The van der Waals surface area contributed by atoms with Crippen molar-refractivity contribution in [2.45, 2.75) is 6.04 Å². The maximum atomic E-state index is 12.9. The number of nitrogens with one attached hydrogen (secondary N) is 1. The molecule has 32 heavy (non-hydrogen) atoms. The van der Waals surface area contributed by atoms with Crippen molar-refractivity contribution < 1.29 is 23.5 Å². The smallest absolute Gasteiger partial charge is 0.273 e. The number of carbonyl (C=O) groups is 1. The van der Waals surface area contributed by atoms with Crippen LogP contribution in [-0.2, 0) is 4.74 Å². The summed E-state index contributed by atoms with van der Waals surface area (Å²) in [6.45, 7) is 3.46. The van der Waals surface area contributed by atoms with Crippen LogP contribution < -0.4 is 14.8 Å². The summed E-state index contributed by atoms with van der Waals surface area (Å²) >= 11 is 0. The van der Waals surface area contributed by atoms with Gasteiger partial charge in [0.25, 0.3) is 5.91 Å². The number of amides is 1. The molecule has 8 nitrogen and oxygen atoms in total. The Morgan fingerprint density at radius 1 is 1.09 bits per heavy atom. The first-order chi connectivity index (χ1) is 15.7. The second kappa shape index (κ2) is 10.3. The second-order valence-electron chi connectivity index (χ2n) is 7.43. The third-order valence-electron chi connectivity index (χ3n) is 5.54. The van der Waals surface area contributed by atoms with E-state index in [0.29, 0.717) is 42.6 Å². The van der Waals surface area contributed by atoms with Crippen LogP contribution in [0.15, 0.2) is 59.1 Å². The van der Waals surface area contributed by atoms with Gasteiger partial charge in [-0.3, -0.25) is 9.69 Å². The molecule has 1 aliphatic rings. The van der Waals surface area contributed by atoms with Gasteiger partial charge in [0, 0.05) is 25.7 Å². The highest BCUT2D eigenvalue weighted by Gasteiger charge is 2.24. The van der Waals surface area contributed by atoms with E-state index in [-0.39, 0.29) is 17.6 Å². The van der Waals surface area contributed by atoms with Crippen molar-refractivity contribution in [3.05, 3.63) is 65.9 Å². The highest BCUT2D eigenvalue weighted by molar-refractivity contribution is 5.93. The topological polar surface area (TPSA) is 86.1 Å². The molecule has 1 aliphatic heterocycles. The Morgan fingerprint density at radius 2 is 1.88 bits per heavy atom. The Bertz CT molecular complexity index is 1030. The molecule has 0 radical (unpaired) electrons. The summed E-state index contributed by atoms with van der Waals surface area (Å²) in [4.78, 5) is 15.2. The molecular formula is C24H27N3O5. The van der Waals surface area contributed by atoms with Crippen LogP contribution in [0.5, 0.6) is 11.5 Å². The van der Waals surface area contributed by atoms with Crippen molar-refractivity contribution in [3.8, 4) is 22.8 Å². The average Bonchev–Trinajstić information content (AvgIpc) is 3.35. The minimum absolute atomic E-state index is 0.0499. The van der Waals surface area contributed by atoms with Crippen LogP contribution in [0.2, 0.25) is 0 Å². The summed E-state index contributed by atoms with van der Waals surface area (Å²) in [6.07, 6.45) is 0. The molecule has 2 heterocycles.